The van der Waals surface area contributed by atoms with Crippen LogP contribution in [0.25, 0.3) is 0 Å². The quantitative estimate of drug-likeness (QED) is 0.574. The van der Waals surface area contributed by atoms with Gasteiger partial charge >= 0.3 is 6.09 Å². The number of alkyl carbamates (subject to hydrolysis) is 1. The second-order valence-corrected chi connectivity index (χ2v) is 3.64. The Hall–Kier alpha value is -0.730. The zero-order valence-electron chi connectivity index (χ0n) is 6.72. The van der Waals surface area contributed by atoms with E-state index in [0.29, 0.717) is 0 Å². The molecule has 2 atom stereocenters. The Balaban J connectivity index is 2.17. The van der Waals surface area contributed by atoms with E-state index in [-0.39, 0.29) is 17.7 Å². The van der Waals surface area contributed by atoms with Gasteiger partial charge in [-0.15, -0.1) is 0 Å². The van der Waals surface area contributed by atoms with Crippen LogP contribution in [0.4, 0.5) is 4.79 Å². The second-order valence-electron chi connectivity index (χ2n) is 3.64. The molecule has 0 aromatic heterocycles. The SMILES string of the molecule is CC12CCCCC1NC(=O)O2. The van der Waals surface area contributed by atoms with Gasteiger partial charge in [0.2, 0.25) is 0 Å². The van der Waals surface area contributed by atoms with Crippen molar-refractivity contribution in [3.63, 3.8) is 0 Å². The Kier molecular flexibility index (Phi) is 1.34. The number of hydrogen-bond donors (Lipinski definition) is 1. The van der Waals surface area contributed by atoms with E-state index in [2.05, 4.69) is 5.32 Å². The van der Waals surface area contributed by atoms with Gasteiger partial charge in [0.15, 0.2) is 0 Å². The Labute approximate surface area is 66.1 Å². The molecule has 0 spiro atoms. The molecule has 1 aliphatic heterocycles. The van der Waals surface area contributed by atoms with Gasteiger partial charge in [0.1, 0.15) is 5.60 Å². The minimum absolute atomic E-state index is 0.199. The van der Waals surface area contributed by atoms with Crippen molar-refractivity contribution in [3.05, 3.63) is 0 Å². The lowest BCUT2D eigenvalue weighted by Crippen LogP contribution is -2.43. The van der Waals surface area contributed by atoms with Crippen molar-refractivity contribution in [3.8, 4) is 0 Å². The molecule has 0 aromatic rings. The fraction of sp³-hybridized carbons (Fsp3) is 0.875. The van der Waals surface area contributed by atoms with E-state index in [0.717, 1.165) is 12.8 Å². The standard InChI is InChI=1S/C8H13NO2/c1-8-5-3-2-4-6(8)9-7(10)11-8/h6H,2-5H2,1H3,(H,9,10). The predicted octanol–water partition coefficient (Wildman–Crippen LogP) is 1.43. The first-order chi connectivity index (χ1) is 5.21. The van der Waals surface area contributed by atoms with Gasteiger partial charge in [-0.05, 0) is 26.2 Å². The number of hydrogen-bond acceptors (Lipinski definition) is 2. The molecule has 2 rings (SSSR count). The molecule has 1 saturated heterocycles. The lowest BCUT2D eigenvalue weighted by Gasteiger charge is -2.32. The first-order valence-corrected chi connectivity index (χ1v) is 4.20. The third kappa shape index (κ3) is 0.988. The first kappa shape index (κ1) is 6.95. The normalized spacial score (nSPS) is 42.6. The van der Waals surface area contributed by atoms with Gasteiger partial charge in [-0.3, -0.25) is 0 Å². The zero-order valence-corrected chi connectivity index (χ0v) is 6.72. The fourth-order valence-electron chi connectivity index (χ4n) is 2.03. The zero-order chi connectivity index (χ0) is 7.90. The van der Waals surface area contributed by atoms with Gasteiger partial charge < -0.3 is 10.1 Å². The van der Waals surface area contributed by atoms with Gasteiger partial charge in [0.05, 0.1) is 6.04 Å². The van der Waals surface area contributed by atoms with Crippen molar-refractivity contribution in [1.29, 1.82) is 0 Å². The summed E-state index contributed by atoms with van der Waals surface area (Å²) in [7, 11) is 0. The smallest absolute Gasteiger partial charge is 0.408 e. The molecule has 0 radical (unpaired) electrons. The highest BCUT2D eigenvalue weighted by molar-refractivity contribution is 5.71. The van der Waals surface area contributed by atoms with Crippen molar-refractivity contribution in [2.45, 2.75) is 44.2 Å². The van der Waals surface area contributed by atoms with E-state index in [9.17, 15) is 4.79 Å². The summed E-state index contributed by atoms with van der Waals surface area (Å²) in [4.78, 5) is 10.9. The average molecular weight is 155 g/mol. The average Bonchev–Trinajstić information content (AvgIpc) is 2.22. The molecule has 1 heterocycles. The molecule has 1 aliphatic carbocycles. The lowest BCUT2D eigenvalue weighted by atomic mass is 9.82. The van der Waals surface area contributed by atoms with E-state index < -0.39 is 0 Å². The van der Waals surface area contributed by atoms with E-state index in [1.54, 1.807) is 0 Å². The number of nitrogens with one attached hydrogen (secondary N) is 1. The van der Waals surface area contributed by atoms with Crippen LogP contribution in [-0.2, 0) is 4.74 Å². The fourth-order valence-corrected chi connectivity index (χ4v) is 2.03. The van der Waals surface area contributed by atoms with Crippen LogP contribution < -0.4 is 5.32 Å². The highest BCUT2D eigenvalue weighted by Gasteiger charge is 2.46. The molecule has 0 bridgehead atoms. The molecule has 2 fully saturated rings. The molecule has 62 valence electrons. The number of carbonyl (C=O) groups is 1. The molecule has 2 aliphatic rings. The molecule has 0 aromatic carbocycles. The van der Waals surface area contributed by atoms with Gasteiger partial charge in [-0.1, -0.05) is 6.42 Å². The lowest BCUT2D eigenvalue weighted by molar-refractivity contribution is 0.0283. The number of amides is 1. The highest BCUT2D eigenvalue weighted by atomic mass is 16.6. The Bertz CT molecular complexity index is 193. The molecule has 1 saturated carbocycles. The van der Waals surface area contributed by atoms with E-state index in [4.69, 9.17) is 4.74 Å². The number of rotatable bonds is 0. The summed E-state index contributed by atoms with van der Waals surface area (Å²) in [6.07, 6.45) is 4.24. The van der Waals surface area contributed by atoms with Gasteiger partial charge in [0.25, 0.3) is 0 Å². The third-order valence-corrected chi connectivity index (χ3v) is 2.77. The first-order valence-electron chi connectivity index (χ1n) is 4.20. The summed E-state index contributed by atoms with van der Waals surface area (Å²) in [5.41, 5.74) is -0.199. The Morgan fingerprint density at radius 3 is 3.18 bits per heavy atom. The largest absolute Gasteiger partial charge is 0.441 e. The summed E-state index contributed by atoms with van der Waals surface area (Å²) in [5, 5.41) is 2.84. The van der Waals surface area contributed by atoms with Crippen molar-refractivity contribution < 1.29 is 9.53 Å². The molecule has 2 unspecified atom stereocenters. The van der Waals surface area contributed by atoms with Crippen LogP contribution >= 0.6 is 0 Å². The minimum atomic E-state index is -0.237. The van der Waals surface area contributed by atoms with Crippen LogP contribution in [0, 0.1) is 0 Å². The molecule has 3 nitrogen and oxygen atoms in total. The summed E-state index contributed by atoms with van der Waals surface area (Å²) in [5.74, 6) is 0. The molecule has 1 amide bonds. The van der Waals surface area contributed by atoms with Gasteiger partial charge in [-0.25, -0.2) is 4.79 Å². The van der Waals surface area contributed by atoms with Crippen LogP contribution in [0.2, 0.25) is 0 Å². The van der Waals surface area contributed by atoms with E-state index in [1.165, 1.54) is 12.8 Å². The number of carbonyl (C=O) groups excluding carboxylic acids is 1. The second kappa shape index (κ2) is 2.13. The topological polar surface area (TPSA) is 38.3 Å². The van der Waals surface area contributed by atoms with E-state index >= 15 is 0 Å². The summed E-state index contributed by atoms with van der Waals surface area (Å²) in [6.45, 7) is 2.02. The summed E-state index contributed by atoms with van der Waals surface area (Å²) >= 11 is 0. The number of ether oxygens (including phenoxy) is 1. The van der Waals surface area contributed by atoms with Gasteiger partial charge in [-0.2, -0.15) is 0 Å². The number of fused-ring (bicyclic) bond motifs is 1. The van der Waals surface area contributed by atoms with Crippen LogP contribution in [0.1, 0.15) is 32.6 Å². The van der Waals surface area contributed by atoms with Crippen LogP contribution in [0.15, 0.2) is 0 Å². The van der Waals surface area contributed by atoms with Crippen LogP contribution in [-0.4, -0.2) is 17.7 Å². The monoisotopic (exact) mass is 155 g/mol. The molecule has 1 N–H and O–H groups in total. The Morgan fingerprint density at radius 2 is 2.45 bits per heavy atom. The maximum absolute atomic E-state index is 10.9. The molecule has 11 heavy (non-hydrogen) atoms. The molecular weight excluding hydrogens is 142 g/mol. The van der Waals surface area contributed by atoms with Crippen LogP contribution in [0.3, 0.4) is 0 Å². The van der Waals surface area contributed by atoms with Crippen LogP contribution in [0.5, 0.6) is 0 Å². The maximum atomic E-state index is 10.9. The minimum Gasteiger partial charge on any atom is -0.441 e. The third-order valence-electron chi connectivity index (χ3n) is 2.77. The van der Waals surface area contributed by atoms with Crippen molar-refractivity contribution in [2.24, 2.45) is 0 Å². The summed E-state index contributed by atoms with van der Waals surface area (Å²) in [6, 6.07) is 0.267. The van der Waals surface area contributed by atoms with E-state index in [1.807, 2.05) is 6.92 Å². The van der Waals surface area contributed by atoms with Crippen molar-refractivity contribution >= 4 is 6.09 Å². The van der Waals surface area contributed by atoms with Gasteiger partial charge in [0, 0.05) is 0 Å². The predicted molar refractivity (Wildman–Crippen MR) is 40.3 cm³/mol. The Morgan fingerprint density at radius 1 is 1.64 bits per heavy atom. The van der Waals surface area contributed by atoms with Crippen molar-refractivity contribution in [2.75, 3.05) is 0 Å². The molecular formula is C8H13NO2. The van der Waals surface area contributed by atoms with Crippen molar-refractivity contribution in [1.82, 2.24) is 5.32 Å². The molecule has 3 heteroatoms. The highest BCUT2D eigenvalue weighted by Crippen LogP contribution is 2.34. The summed E-state index contributed by atoms with van der Waals surface area (Å²) < 4.78 is 5.20. The maximum Gasteiger partial charge on any atom is 0.408 e.